The molecule has 3 aromatic rings. The van der Waals surface area contributed by atoms with Gasteiger partial charge in [0.1, 0.15) is 21.3 Å². The van der Waals surface area contributed by atoms with E-state index in [-0.39, 0.29) is 17.8 Å². The zero-order valence-electron chi connectivity index (χ0n) is 19.8. The lowest BCUT2D eigenvalue weighted by molar-refractivity contribution is 0.0331. The van der Waals surface area contributed by atoms with Crippen LogP contribution < -0.4 is 10.1 Å². The van der Waals surface area contributed by atoms with E-state index in [1.807, 2.05) is 19.9 Å². The van der Waals surface area contributed by atoms with E-state index in [0.717, 1.165) is 34.4 Å². The van der Waals surface area contributed by atoms with E-state index in [0.29, 0.717) is 42.9 Å². The number of carbonyl (C=O) groups is 1. The molecule has 1 saturated heterocycles. The van der Waals surface area contributed by atoms with Gasteiger partial charge in [-0.3, -0.25) is 4.90 Å². The van der Waals surface area contributed by atoms with Crippen molar-refractivity contribution in [3.63, 3.8) is 0 Å². The molecule has 0 radical (unpaired) electrons. The third-order valence-electron chi connectivity index (χ3n) is 5.80. The maximum atomic E-state index is 14.3. The zero-order chi connectivity index (χ0) is 24.2. The van der Waals surface area contributed by atoms with Crippen molar-refractivity contribution < 1.29 is 23.4 Å². The lowest BCUT2D eigenvalue weighted by atomic mass is 10.1. The van der Waals surface area contributed by atoms with Gasteiger partial charge in [0.15, 0.2) is 11.6 Å². The van der Waals surface area contributed by atoms with Gasteiger partial charge >= 0.3 is 5.97 Å². The molecule has 0 aliphatic carbocycles. The molecule has 1 N–H and O–H groups in total. The van der Waals surface area contributed by atoms with Crippen molar-refractivity contribution in [2.75, 3.05) is 45.3 Å². The average molecular weight is 489 g/mol. The summed E-state index contributed by atoms with van der Waals surface area (Å²) in [6.07, 6.45) is 0. The van der Waals surface area contributed by atoms with Gasteiger partial charge in [0.2, 0.25) is 0 Å². The minimum atomic E-state index is -0.425. The molecular weight excluding hydrogens is 459 g/mol. The predicted octanol–water partition coefficient (Wildman–Crippen LogP) is 4.33. The van der Waals surface area contributed by atoms with Crippen LogP contribution in [-0.4, -0.2) is 60.9 Å². The van der Waals surface area contributed by atoms with Gasteiger partial charge in [-0.15, -0.1) is 11.3 Å². The molecule has 0 amide bonds. The molecular formula is C24H29FN4O4S. The molecule has 0 saturated carbocycles. The van der Waals surface area contributed by atoms with E-state index >= 15 is 0 Å². The first kappa shape index (κ1) is 24.3. The summed E-state index contributed by atoms with van der Waals surface area (Å²) in [5.74, 6) is 0.670. The van der Waals surface area contributed by atoms with Crippen molar-refractivity contribution in [3.05, 3.63) is 45.8 Å². The summed E-state index contributed by atoms with van der Waals surface area (Å²) in [5.41, 5.74) is 1.52. The quantitative estimate of drug-likeness (QED) is 0.469. The molecule has 182 valence electrons. The number of rotatable bonds is 8. The minimum Gasteiger partial charge on any atom is -0.494 e. The Bertz CT molecular complexity index is 1180. The second-order valence-electron chi connectivity index (χ2n) is 8.09. The summed E-state index contributed by atoms with van der Waals surface area (Å²) >= 11 is 1.31. The number of hydrogen-bond acceptors (Lipinski definition) is 9. The maximum Gasteiger partial charge on any atom is 0.348 e. The van der Waals surface area contributed by atoms with E-state index in [4.69, 9.17) is 24.2 Å². The van der Waals surface area contributed by atoms with Crippen LogP contribution in [0.5, 0.6) is 5.75 Å². The van der Waals surface area contributed by atoms with Gasteiger partial charge in [0.25, 0.3) is 0 Å². The number of thiophene rings is 1. The molecule has 1 aliphatic rings. The van der Waals surface area contributed by atoms with Crippen molar-refractivity contribution in [2.45, 2.75) is 33.4 Å². The van der Waals surface area contributed by atoms with E-state index in [9.17, 15) is 9.18 Å². The van der Waals surface area contributed by atoms with Crippen molar-refractivity contribution >= 4 is 33.3 Å². The second-order valence-corrected chi connectivity index (χ2v) is 9.09. The van der Waals surface area contributed by atoms with Gasteiger partial charge in [-0.1, -0.05) is 6.07 Å². The third-order valence-corrected chi connectivity index (χ3v) is 6.96. The number of anilines is 1. The standard InChI is InChI=1S/C24H29FN4O4S/c1-5-33-24(30)21-14(2)20-22(26-15(3)16-6-7-18(31-4)17(25)12-16)27-19(28-23(20)34-21)13-29-8-10-32-11-9-29/h6-7,12,15H,5,8-11,13H2,1-4H3,(H,26,27,28)/t15-/m1/s1. The first-order chi connectivity index (χ1) is 16.4. The monoisotopic (exact) mass is 488 g/mol. The molecule has 1 fully saturated rings. The molecule has 4 rings (SSSR count). The van der Waals surface area contributed by atoms with Crippen molar-refractivity contribution in [3.8, 4) is 5.75 Å². The molecule has 0 unspecified atom stereocenters. The van der Waals surface area contributed by atoms with Crippen LogP contribution in [0.15, 0.2) is 18.2 Å². The largest absolute Gasteiger partial charge is 0.494 e. The highest BCUT2D eigenvalue weighted by Gasteiger charge is 2.23. The normalized spacial score (nSPS) is 15.3. The Balaban J connectivity index is 1.72. The molecule has 2 aromatic heterocycles. The van der Waals surface area contributed by atoms with E-state index < -0.39 is 5.82 Å². The number of nitrogens with one attached hydrogen (secondary N) is 1. The molecule has 0 spiro atoms. The molecule has 1 aliphatic heterocycles. The van der Waals surface area contributed by atoms with Gasteiger partial charge in [0, 0.05) is 13.1 Å². The van der Waals surface area contributed by atoms with Crippen LogP contribution in [0.25, 0.3) is 10.2 Å². The van der Waals surface area contributed by atoms with Crippen LogP contribution in [0, 0.1) is 12.7 Å². The third kappa shape index (κ3) is 5.13. The Hall–Kier alpha value is -2.82. The Morgan fingerprint density at radius 1 is 1.32 bits per heavy atom. The lowest BCUT2D eigenvalue weighted by Gasteiger charge is -2.26. The number of aromatic nitrogens is 2. The Kier molecular flexibility index (Phi) is 7.60. The highest BCUT2D eigenvalue weighted by Crippen LogP contribution is 2.36. The molecule has 1 aromatic carbocycles. The number of aryl methyl sites for hydroxylation is 1. The highest BCUT2D eigenvalue weighted by atomic mass is 32.1. The number of morpholine rings is 1. The SMILES string of the molecule is CCOC(=O)c1sc2nc(CN3CCOCC3)nc(N[C@H](C)c3ccc(OC)c(F)c3)c2c1C. The fraction of sp³-hybridized carbons (Fsp3) is 0.458. The van der Waals surface area contributed by atoms with Gasteiger partial charge in [-0.05, 0) is 44.0 Å². The maximum absolute atomic E-state index is 14.3. The van der Waals surface area contributed by atoms with E-state index in [1.54, 1.807) is 13.0 Å². The Morgan fingerprint density at radius 2 is 2.09 bits per heavy atom. The number of esters is 1. The van der Waals surface area contributed by atoms with Crippen molar-refractivity contribution in [1.82, 2.24) is 14.9 Å². The van der Waals surface area contributed by atoms with Crippen LogP contribution in [0.2, 0.25) is 0 Å². The Labute approximate surface area is 202 Å². The number of nitrogens with zero attached hydrogens (tertiary/aromatic N) is 3. The highest BCUT2D eigenvalue weighted by molar-refractivity contribution is 7.20. The van der Waals surface area contributed by atoms with Crippen LogP contribution in [0.4, 0.5) is 10.2 Å². The number of halogens is 1. The zero-order valence-corrected chi connectivity index (χ0v) is 20.6. The number of methoxy groups -OCH3 is 1. The number of ether oxygens (including phenoxy) is 3. The van der Waals surface area contributed by atoms with Crippen LogP contribution in [0.1, 0.15) is 46.5 Å². The van der Waals surface area contributed by atoms with Crippen LogP contribution >= 0.6 is 11.3 Å². The number of fused-ring (bicyclic) bond motifs is 1. The van der Waals surface area contributed by atoms with Gasteiger partial charge < -0.3 is 19.5 Å². The summed E-state index contributed by atoms with van der Waals surface area (Å²) in [6, 6.07) is 4.63. The number of benzene rings is 1. The molecule has 3 heterocycles. The van der Waals surface area contributed by atoms with Crippen LogP contribution in [0.3, 0.4) is 0 Å². The smallest absolute Gasteiger partial charge is 0.348 e. The first-order valence-electron chi connectivity index (χ1n) is 11.3. The minimum absolute atomic E-state index is 0.195. The first-order valence-corrected chi connectivity index (χ1v) is 12.1. The lowest BCUT2D eigenvalue weighted by Crippen LogP contribution is -2.36. The van der Waals surface area contributed by atoms with E-state index in [2.05, 4.69) is 10.2 Å². The summed E-state index contributed by atoms with van der Waals surface area (Å²) in [5, 5.41) is 4.20. The topological polar surface area (TPSA) is 85.8 Å². The molecule has 0 bridgehead atoms. The van der Waals surface area contributed by atoms with Gasteiger partial charge in [-0.25, -0.2) is 19.2 Å². The fourth-order valence-electron chi connectivity index (χ4n) is 3.95. The molecule has 1 atom stereocenters. The second kappa shape index (κ2) is 10.6. The Morgan fingerprint density at radius 3 is 2.76 bits per heavy atom. The van der Waals surface area contributed by atoms with Crippen molar-refractivity contribution in [2.24, 2.45) is 0 Å². The molecule has 34 heavy (non-hydrogen) atoms. The predicted molar refractivity (Wildman–Crippen MR) is 129 cm³/mol. The average Bonchev–Trinajstić information content (AvgIpc) is 3.16. The summed E-state index contributed by atoms with van der Waals surface area (Å²) < 4.78 is 30.0. The molecule has 10 heteroatoms. The summed E-state index contributed by atoms with van der Waals surface area (Å²) in [6.45, 7) is 9.44. The van der Waals surface area contributed by atoms with Crippen molar-refractivity contribution in [1.29, 1.82) is 0 Å². The number of hydrogen-bond donors (Lipinski definition) is 1. The molecule has 8 nitrogen and oxygen atoms in total. The fourth-order valence-corrected chi connectivity index (χ4v) is 5.04. The van der Waals surface area contributed by atoms with Gasteiger partial charge in [0.05, 0.1) is 44.9 Å². The van der Waals surface area contributed by atoms with Gasteiger partial charge in [-0.2, -0.15) is 0 Å². The summed E-state index contributed by atoms with van der Waals surface area (Å²) in [7, 11) is 1.44. The summed E-state index contributed by atoms with van der Waals surface area (Å²) in [4.78, 5) is 25.6. The number of carbonyl (C=O) groups excluding carboxylic acids is 1. The van der Waals surface area contributed by atoms with E-state index in [1.165, 1.54) is 24.5 Å². The van der Waals surface area contributed by atoms with Crippen LogP contribution in [-0.2, 0) is 16.0 Å².